The average molecular weight is 236 g/mol. The van der Waals surface area contributed by atoms with Crippen LogP contribution >= 0.6 is 0 Å². The summed E-state index contributed by atoms with van der Waals surface area (Å²) in [6, 6.07) is 0. The maximum absolute atomic E-state index is 11.7. The Kier molecular flexibility index (Phi) is 6.51. The molecule has 2 N–H and O–H groups in total. The van der Waals surface area contributed by atoms with Crippen LogP contribution in [-0.4, -0.2) is 37.5 Å². The highest BCUT2D eigenvalue weighted by Crippen LogP contribution is 2.05. The molecule has 0 aromatic heterocycles. The molecule has 5 nitrogen and oxygen atoms in total. The van der Waals surface area contributed by atoms with Gasteiger partial charge in [0.1, 0.15) is 0 Å². The van der Waals surface area contributed by atoms with E-state index < -0.39 is 15.9 Å². The fraction of sp³-hybridized carbons (Fsp3) is 0.889. The van der Waals surface area contributed by atoms with Crippen molar-refractivity contribution in [2.45, 2.75) is 33.1 Å². The zero-order chi connectivity index (χ0) is 11.9. The molecule has 0 aromatic rings. The number of nitrogens with two attached hydrogens (primary N) is 1. The molecular weight excluding hydrogens is 216 g/mol. The van der Waals surface area contributed by atoms with E-state index in [9.17, 15) is 13.2 Å². The molecule has 0 aromatic carbocycles. The summed E-state index contributed by atoms with van der Waals surface area (Å²) < 4.78 is 24.9. The highest BCUT2D eigenvalue weighted by atomic mass is 32.2. The molecule has 0 atom stereocenters. The molecule has 6 heteroatoms. The van der Waals surface area contributed by atoms with Gasteiger partial charge < -0.3 is 5.73 Å². The predicted octanol–water partition coefficient (Wildman–Crippen LogP) is 0.314. The van der Waals surface area contributed by atoms with Crippen molar-refractivity contribution in [1.29, 1.82) is 0 Å². The number of primary amides is 1. The van der Waals surface area contributed by atoms with Gasteiger partial charge in [-0.25, -0.2) is 12.7 Å². The number of amides is 1. The largest absolute Gasteiger partial charge is 0.370 e. The second-order valence-electron chi connectivity index (χ2n) is 3.43. The van der Waals surface area contributed by atoms with Crippen molar-refractivity contribution in [3.8, 4) is 0 Å². The van der Waals surface area contributed by atoms with Crippen molar-refractivity contribution in [2.75, 3.05) is 18.8 Å². The van der Waals surface area contributed by atoms with Gasteiger partial charge in [0.25, 0.3) is 0 Å². The van der Waals surface area contributed by atoms with Crippen LogP contribution in [0.2, 0.25) is 0 Å². The summed E-state index contributed by atoms with van der Waals surface area (Å²) in [6.07, 6.45) is 1.44. The van der Waals surface area contributed by atoms with E-state index in [2.05, 4.69) is 0 Å². The van der Waals surface area contributed by atoms with Crippen molar-refractivity contribution < 1.29 is 13.2 Å². The molecule has 0 spiro atoms. The smallest absolute Gasteiger partial charge is 0.218 e. The van der Waals surface area contributed by atoms with Crippen molar-refractivity contribution in [2.24, 2.45) is 5.73 Å². The first-order chi connectivity index (χ1) is 6.94. The molecule has 0 saturated carbocycles. The number of hydrogen-bond acceptors (Lipinski definition) is 3. The second kappa shape index (κ2) is 6.79. The lowest BCUT2D eigenvalue weighted by Crippen LogP contribution is -2.35. The zero-order valence-corrected chi connectivity index (χ0v) is 10.2. The fourth-order valence-corrected chi connectivity index (χ4v) is 2.89. The Morgan fingerprint density at radius 1 is 1.20 bits per heavy atom. The maximum Gasteiger partial charge on any atom is 0.218 e. The minimum atomic E-state index is -3.31. The molecule has 0 unspecified atom stereocenters. The van der Waals surface area contributed by atoms with Gasteiger partial charge >= 0.3 is 0 Å². The molecule has 0 aliphatic heterocycles. The summed E-state index contributed by atoms with van der Waals surface area (Å²) in [5, 5.41) is 0. The maximum atomic E-state index is 11.7. The van der Waals surface area contributed by atoms with E-state index in [0.29, 0.717) is 13.1 Å². The molecule has 1 amide bonds. The molecule has 0 aliphatic carbocycles. The Hall–Kier alpha value is -0.620. The van der Waals surface area contributed by atoms with Crippen LogP contribution in [0, 0.1) is 0 Å². The van der Waals surface area contributed by atoms with Gasteiger partial charge in [-0.1, -0.05) is 13.8 Å². The van der Waals surface area contributed by atoms with Gasteiger partial charge in [-0.05, 0) is 12.8 Å². The van der Waals surface area contributed by atoms with Gasteiger partial charge in [-0.2, -0.15) is 0 Å². The van der Waals surface area contributed by atoms with E-state index in [1.54, 1.807) is 0 Å². The molecule has 15 heavy (non-hydrogen) atoms. The number of nitrogens with zero attached hydrogens (tertiary/aromatic N) is 1. The van der Waals surface area contributed by atoms with E-state index in [1.807, 2.05) is 13.8 Å². The Bertz CT molecular complexity index is 282. The summed E-state index contributed by atoms with van der Waals surface area (Å²) in [6.45, 7) is 4.86. The van der Waals surface area contributed by atoms with Crippen molar-refractivity contribution in [3.05, 3.63) is 0 Å². The Labute approximate surface area is 91.7 Å². The highest BCUT2D eigenvalue weighted by molar-refractivity contribution is 7.89. The number of rotatable bonds is 8. The van der Waals surface area contributed by atoms with E-state index in [4.69, 9.17) is 5.73 Å². The zero-order valence-electron chi connectivity index (χ0n) is 9.40. The first kappa shape index (κ1) is 14.4. The summed E-state index contributed by atoms with van der Waals surface area (Å²) in [5.74, 6) is -0.756. The van der Waals surface area contributed by atoms with Crippen LogP contribution in [0.25, 0.3) is 0 Å². The highest BCUT2D eigenvalue weighted by Gasteiger charge is 2.20. The Morgan fingerprint density at radius 2 is 1.67 bits per heavy atom. The lowest BCUT2D eigenvalue weighted by molar-refractivity contribution is -0.117. The fourth-order valence-electron chi connectivity index (χ4n) is 1.25. The molecule has 90 valence electrons. The number of carbonyl (C=O) groups is 1. The third kappa shape index (κ3) is 5.74. The first-order valence-electron chi connectivity index (χ1n) is 5.20. The Balaban J connectivity index is 4.42. The SMILES string of the molecule is CCCN(CCC)S(=O)(=O)CCC(N)=O. The van der Waals surface area contributed by atoms with Gasteiger partial charge in [0.05, 0.1) is 5.75 Å². The third-order valence-electron chi connectivity index (χ3n) is 1.95. The normalized spacial score (nSPS) is 11.9. The first-order valence-corrected chi connectivity index (χ1v) is 6.81. The number of carbonyl (C=O) groups excluding carboxylic acids is 1. The average Bonchev–Trinajstić information content (AvgIpc) is 2.15. The van der Waals surface area contributed by atoms with Gasteiger partial charge in [0.2, 0.25) is 15.9 Å². The van der Waals surface area contributed by atoms with Gasteiger partial charge in [0.15, 0.2) is 0 Å². The van der Waals surface area contributed by atoms with E-state index in [-0.39, 0.29) is 12.2 Å². The summed E-state index contributed by atoms with van der Waals surface area (Å²) in [5.41, 5.74) is 4.93. The van der Waals surface area contributed by atoms with Crippen LogP contribution in [0.15, 0.2) is 0 Å². The van der Waals surface area contributed by atoms with E-state index >= 15 is 0 Å². The van der Waals surface area contributed by atoms with Crippen molar-refractivity contribution in [3.63, 3.8) is 0 Å². The van der Waals surface area contributed by atoms with Crippen LogP contribution in [0.5, 0.6) is 0 Å². The van der Waals surface area contributed by atoms with Crippen LogP contribution in [0.4, 0.5) is 0 Å². The predicted molar refractivity (Wildman–Crippen MR) is 59.8 cm³/mol. The van der Waals surface area contributed by atoms with Crippen LogP contribution in [0.3, 0.4) is 0 Å². The summed E-state index contributed by atoms with van der Waals surface area (Å²) in [4.78, 5) is 10.5. The number of sulfonamides is 1. The Morgan fingerprint density at radius 3 is 2.00 bits per heavy atom. The van der Waals surface area contributed by atoms with Crippen molar-refractivity contribution in [1.82, 2.24) is 4.31 Å². The summed E-state index contributed by atoms with van der Waals surface area (Å²) >= 11 is 0. The number of hydrogen-bond donors (Lipinski definition) is 1. The van der Waals surface area contributed by atoms with Crippen LogP contribution in [0.1, 0.15) is 33.1 Å². The molecular formula is C9H20N2O3S. The monoisotopic (exact) mass is 236 g/mol. The second-order valence-corrected chi connectivity index (χ2v) is 5.52. The molecule has 0 heterocycles. The van der Waals surface area contributed by atoms with E-state index in [0.717, 1.165) is 12.8 Å². The van der Waals surface area contributed by atoms with E-state index in [1.165, 1.54) is 4.31 Å². The molecule has 0 radical (unpaired) electrons. The molecule has 0 aliphatic rings. The topological polar surface area (TPSA) is 80.5 Å². The third-order valence-corrected chi connectivity index (χ3v) is 3.82. The quantitative estimate of drug-likeness (QED) is 0.658. The van der Waals surface area contributed by atoms with Crippen LogP contribution in [-0.2, 0) is 14.8 Å². The van der Waals surface area contributed by atoms with Crippen LogP contribution < -0.4 is 5.73 Å². The minimum Gasteiger partial charge on any atom is -0.370 e. The lowest BCUT2D eigenvalue weighted by atomic mass is 10.4. The van der Waals surface area contributed by atoms with Gasteiger partial charge in [-0.3, -0.25) is 4.79 Å². The molecule has 0 rings (SSSR count). The lowest BCUT2D eigenvalue weighted by Gasteiger charge is -2.20. The molecule has 0 bridgehead atoms. The standard InChI is InChI=1S/C9H20N2O3S/c1-3-6-11(7-4-2)15(13,14)8-5-9(10)12/h3-8H2,1-2H3,(H2,10,12). The van der Waals surface area contributed by atoms with Gasteiger partial charge in [0, 0.05) is 19.5 Å². The molecule has 0 fully saturated rings. The summed E-state index contributed by atoms with van der Waals surface area (Å²) in [7, 11) is -3.31. The van der Waals surface area contributed by atoms with Gasteiger partial charge in [-0.15, -0.1) is 0 Å². The van der Waals surface area contributed by atoms with Crippen molar-refractivity contribution >= 4 is 15.9 Å². The molecule has 0 saturated heterocycles. The minimum absolute atomic E-state index is 0.105.